The summed E-state index contributed by atoms with van der Waals surface area (Å²) in [7, 11) is 2.23. The lowest BCUT2D eigenvalue weighted by Gasteiger charge is -2.40. The van der Waals surface area contributed by atoms with Gasteiger partial charge in [-0.3, -0.25) is 0 Å². The highest BCUT2D eigenvalue weighted by atomic mass is 127. The van der Waals surface area contributed by atoms with Crippen molar-refractivity contribution in [1.29, 1.82) is 0 Å². The first-order valence-corrected chi connectivity index (χ1v) is 15.7. The Hall–Kier alpha value is -2.68. The van der Waals surface area contributed by atoms with Crippen LogP contribution in [-0.4, -0.2) is 66.6 Å². The number of benzene rings is 3. The van der Waals surface area contributed by atoms with Gasteiger partial charge in [-0.05, 0) is 84.3 Å². The minimum absolute atomic E-state index is 0.0375. The average molecular weight is 666 g/mol. The molecule has 4 rings (SSSR count). The maximum atomic E-state index is 13.0. The summed E-state index contributed by atoms with van der Waals surface area (Å²) in [5, 5.41) is 0. The number of carbonyl (C=O) groups excluding carboxylic acids is 1. The van der Waals surface area contributed by atoms with E-state index in [0.717, 1.165) is 57.5 Å². The molecule has 1 fully saturated rings. The molecule has 1 saturated heterocycles. The van der Waals surface area contributed by atoms with Crippen molar-refractivity contribution in [1.82, 2.24) is 14.7 Å². The number of piperidine rings is 1. The maximum Gasteiger partial charge on any atom is 0.410 e. The van der Waals surface area contributed by atoms with E-state index in [-0.39, 0.29) is 17.6 Å². The monoisotopic (exact) mass is 665 g/mol. The second-order valence-electron chi connectivity index (χ2n) is 11.5. The fraction of sp³-hybridized carbons (Fsp3) is 0.400. The molecule has 3 aromatic carbocycles. The van der Waals surface area contributed by atoms with Crippen LogP contribution in [0.1, 0.15) is 42.9 Å². The van der Waals surface area contributed by atoms with Gasteiger partial charge in [0.15, 0.2) is 0 Å². The summed E-state index contributed by atoms with van der Waals surface area (Å²) in [4.78, 5) is 19.9. The summed E-state index contributed by atoms with van der Waals surface area (Å²) in [6, 6.07) is 29.9. The smallest absolute Gasteiger partial charge is 0.410 e. The molecule has 0 N–H and O–H groups in total. The molecule has 1 amide bonds. The average Bonchev–Trinajstić information content (AvgIpc) is 2.99. The minimum Gasteiger partial charge on any atom is -0.445 e. The Morgan fingerprint density at radius 2 is 1.63 bits per heavy atom. The number of hydrogen-bond acceptors (Lipinski definition) is 4. The van der Waals surface area contributed by atoms with Gasteiger partial charge in [0.2, 0.25) is 0 Å². The van der Waals surface area contributed by atoms with E-state index in [1.807, 2.05) is 29.2 Å². The molecule has 0 aromatic heterocycles. The van der Waals surface area contributed by atoms with Crippen molar-refractivity contribution in [2.24, 2.45) is 0 Å². The van der Waals surface area contributed by atoms with E-state index in [1.54, 1.807) is 6.08 Å². The quantitative estimate of drug-likeness (QED) is 0.141. The molecule has 0 aliphatic carbocycles. The van der Waals surface area contributed by atoms with Crippen LogP contribution in [0.5, 0.6) is 0 Å². The molecule has 0 saturated carbocycles. The Balaban J connectivity index is 1.31. The zero-order valence-corrected chi connectivity index (χ0v) is 26.7. The molecular formula is C35H44IN3O2. The largest absolute Gasteiger partial charge is 0.445 e. The predicted molar refractivity (Wildman–Crippen MR) is 177 cm³/mol. The second kappa shape index (κ2) is 15.5. The van der Waals surface area contributed by atoms with Crippen molar-refractivity contribution < 1.29 is 9.53 Å². The number of carbonyl (C=O) groups is 1. The Labute approximate surface area is 260 Å². The van der Waals surface area contributed by atoms with Gasteiger partial charge in [0.1, 0.15) is 6.61 Å². The van der Waals surface area contributed by atoms with E-state index in [1.165, 1.54) is 14.7 Å². The van der Waals surface area contributed by atoms with Crippen molar-refractivity contribution in [3.8, 4) is 0 Å². The molecule has 5 nitrogen and oxygen atoms in total. The molecule has 0 bridgehead atoms. The van der Waals surface area contributed by atoms with E-state index in [2.05, 4.69) is 114 Å². The lowest BCUT2D eigenvalue weighted by atomic mass is 9.78. The Morgan fingerprint density at radius 3 is 2.27 bits per heavy atom. The second-order valence-corrected chi connectivity index (χ2v) is 12.8. The summed E-state index contributed by atoms with van der Waals surface area (Å²) in [6.45, 7) is 12.0. The fourth-order valence-electron chi connectivity index (χ4n) is 5.88. The van der Waals surface area contributed by atoms with Gasteiger partial charge in [0, 0.05) is 47.8 Å². The van der Waals surface area contributed by atoms with Crippen LogP contribution >= 0.6 is 22.6 Å². The van der Waals surface area contributed by atoms with Gasteiger partial charge in [-0.2, -0.15) is 0 Å². The highest BCUT2D eigenvalue weighted by molar-refractivity contribution is 14.1. The molecule has 1 atom stereocenters. The number of hydrogen-bond donors (Lipinski definition) is 0. The molecule has 1 heterocycles. The van der Waals surface area contributed by atoms with Crippen LogP contribution in [0.3, 0.4) is 0 Å². The highest BCUT2D eigenvalue weighted by Gasteiger charge is 2.32. The van der Waals surface area contributed by atoms with Crippen LogP contribution in [0.25, 0.3) is 0 Å². The third-order valence-corrected chi connectivity index (χ3v) is 8.92. The number of ether oxygens (including phenoxy) is 1. The Morgan fingerprint density at radius 1 is 1.00 bits per heavy atom. The molecule has 6 heteroatoms. The SMILES string of the molecule is C=CCN(C(=O)OCc1ccc(I)cc1)C1CCN(CCC(C)(CN(C)Cc2ccccc2)c2ccccc2)CC1. The van der Waals surface area contributed by atoms with Gasteiger partial charge >= 0.3 is 6.09 Å². The molecule has 218 valence electrons. The first kappa shape index (κ1) is 31.3. The molecule has 0 radical (unpaired) electrons. The van der Waals surface area contributed by atoms with Crippen molar-refractivity contribution in [2.75, 3.05) is 39.8 Å². The standard InChI is InChI=1S/C35H44IN3O2/c1-4-22-39(34(40)41-27-30-15-17-32(36)18-16-30)33-19-23-38(24-20-33)25-21-35(2,31-13-9-6-10-14-31)28-37(3)26-29-11-7-5-8-12-29/h4-18,33H,1,19-28H2,2-3H3. The van der Waals surface area contributed by atoms with Crippen LogP contribution in [0, 0.1) is 3.57 Å². The van der Waals surface area contributed by atoms with E-state index in [4.69, 9.17) is 4.74 Å². The summed E-state index contributed by atoms with van der Waals surface area (Å²) >= 11 is 2.28. The van der Waals surface area contributed by atoms with E-state index in [0.29, 0.717) is 13.2 Å². The van der Waals surface area contributed by atoms with Crippen LogP contribution in [-0.2, 0) is 23.3 Å². The molecule has 0 spiro atoms. The molecular weight excluding hydrogens is 621 g/mol. The van der Waals surface area contributed by atoms with E-state index in [9.17, 15) is 4.79 Å². The molecule has 41 heavy (non-hydrogen) atoms. The van der Waals surface area contributed by atoms with E-state index >= 15 is 0 Å². The van der Waals surface area contributed by atoms with Crippen LogP contribution < -0.4 is 0 Å². The van der Waals surface area contributed by atoms with Gasteiger partial charge in [-0.1, -0.05) is 85.8 Å². The summed E-state index contributed by atoms with van der Waals surface area (Å²) in [5.41, 5.74) is 3.77. The van der Waals surface area contributed by atoms with Gasteiger partial charge in [-0.25, -0.2) is 4.79 Å². The van der Waals surface area contributed by atoms with Crippen molar-refractivity contribution >= 4 is 28.7 Å². The lowest BCUT2D eigenvalue weighted by molar-refractivity contribution is 0.0644. The number of rotatable bonds is 13. The summed E-state index contributed by atoms with van der Waals surface area (Å²) in [5.74, 6) is 0. The van der Waals surface area contributed by atoms with Gasteiger partial charge < -0.3 is 19.4 Å². The number of likely N-dealkylation sites (tertiary alicyclic amines) is 1. The van der Waals surface area contributed by atoms with Gasteiger partial charge in [-0.15, -0.1) is 6.58 Å². The van der Waals surface area contributed by atoms with Crippen molar-refractivity contribution in [3.05, 3.63) is 118 Å². The summed E-state index contributed by atoms with van der Waals surface area (Å²) in [6.07, 6.45) is 4.52. The lowest BCUT2D eigenvalue weighted by Crippen LogP contribution is -2.48. The normalized spacial score (nSPS) is 15.8. The van der Waals surface area contributed by atoms with Gasteiger partial charge in [0.05, 0.1) is 0 Å². The van der Waals surface area contributed by atoms with E-state index < -0.39 is 0 Å². The molecule has 1 aliphatic rings. The maximum absolute atomic E-state index is 13.0. The first-order chi connectivity index (χ1) is 19.9. The zero-order chi connectivity index (χ0) is 29.1. The number of likely N-dealkylation sites (N-methyl/N-ethyl adjacent to an activating group) is 1. The van der Waals surface area contributed by atoms with Crippen molar-refractivity contribution in [3.63, 3.8) is 0 Å². The third kappa shape index (κ3) is 9.42. The van der Waals surface area contributed by atoms with Crippen LogP contribution in [0.2, 0.25) is 0 Å². The number of amides is 1. The number of nitrogens with zero attached hydrogens (tertiary/aromatic N) is 3. The number of halogens is 1. The fourth-order valence-corrected chi connectivity index (χ4v) is 6.24. The Bertz CT molecular complexity index is 1210. The van der Waals surface area contributed by atoms with Crippen molar-refractivity contribution in [2.45, 2.75) is 50.8 Å². The van der Waals surface area contributed by atoms with Gasteiger partial charge in [0.25, 0.3) is 0 Å². The molecule has 1 unspecified atom stereocenters. The Kier molecular flexibility index (Phi) is 11.8. The highest BCUT2D eigenvalue weighted by Crippen LogP contribution is 2.30. The summed E-state index contributed by atoms with van der Waals surface area (Å²) < 4.78 is 6.87. The topological polar surface area (TPSA) is 36.0 Å². The third-order valence-electron chi connectivity index (χ3n) is 8.20. The first-order valence-electron chi connectivity index (χ1n) is 14.7. The minimum atomic E-state index is -0.250. The zero-order valence-electron chi connectivity index (χ0n) is 24.6. The predicted octanol–water partition coefficient (Wildman–Crippen LogP) is 7.36. The molecule has 1 aliphatic heterocycles. The molecule has 3 aromatic rings. The van der Waals surface area contributed by atoms with Crippen LogP contribution in [0.4, 0.5) is 4.79 Å². The van der Waals surface area contributed by atoms with Crippen LogP contribution in [0.15, 0.2) is 97.6 Å².